The predicted molar refractivity (Wildman–Crippen MR) is 107 cm³/mol. The van der Waals surface area contributed by atoms with Gasteiger partial charge in [-0.1, -0.05) is 48.5 Å². The third-order valence-corrected chi connectivity index (χ3v) is 8.84. The van der Waals surface area contributed by atoms with Crippen LogP contribution in [0.25, 0.3) is 11.1 Å². The largest absolute Gasteiger partial charge is 0.407 e. The SMILES string of the molecule is CS(=O)(=O)C(F)(F)C(F)(F)C1CC2CC1C1OC3(OC21)c1ccccc1-c1ccccc13. The number of hydrogen-bond donors (Lipinski definition) is 0. The van der Waals surface area contributed by atoms with Gasteiger partial charge in [0.15, 0.2) is 0 Å². The van der Waals surface area contributed by atoms with E-state index < -0.39 is 56.8 Å². The van der Waals surface area contributed by atoms with Gasteiger partial charge in [-0.15, -0.1) is 0 Å². The van der Waals surface area contributed by atoms with Crippen LogP contribution in [0, 0.1) is 17.8 Å². The van der Waals surface area contributed by atoms with Gasteiger partial charge < -0.3 is 9.47 Å². The second kappa shape index (κ2) is 6.12. The van der Waals surface area contributed by atoms with Crippen molar-refractivity contribution in [1.82, 2.24) is 0 Å². The minimum Gasteiger partial charge on any atom is -0.336 e. The summed E-state index contributed by atoms with van der Waals surface area (Å²) in [6, 6.07) is 15.0. The van der Waals surface area contributed by atoms with Crippen LogP contribution in [0.3, 0.4) is 0 Å². The average molecular weight is 468 g/mol. The fraction of sp³-hybridized carbons (Fsp3) is 0.478. The maximum Gasteiger partial charge on any atom is 0.407 e. The summed E-state index contributed by atoms with van der Waals surface area (Å²) < 4.78 is 94.3. The molecule has 0 radical (unpaired) electrons. The van der Waals surface area contributed by atoms with Crippen LogP contribution in [0.4, 0.5) is 17.6 Å². The van der Waals surface area contributed by atoms with E-state index in [0.717, 1.165) is 22.3 Å². The average Bonchev–Trinajstić information content (AvgIpc) is 3.48. The first-order valence-electron chi connectivity index (χ1n) is 10.5. The van der Waals surface area contributed by atoms with Crippen LogP contribution in [-0.4, -0.2) is 38.1 Å². The highest BCUT2D eigenvalue weighted by Gasteiger charge is 2.75. The first-order valence-corrected chi connectivity index (χ1v) is 12.4. The van der Waals surface area contributed by atoms with Gasteiger partial charge in [-0.3, -0.25) is 0 Å². The first kappa shape index (κ1) is 20.6. The Kier molecular flexibility index (Phi) is 3.95. The van der Waals surface area contributed by atoms with Crippen LogP contribution in [0.1, 0.15) is 24.0 Å². The fourth-order valence-corrected chi connectivity index (χ4v) is 6.92. The molecule has 6 rings (SSSR count). The van der Waals surface area contributed by atoms with E-state index in [-0.39, 0.29) is 19.1 Å². The van der Waals surface area contributed by atoms with Crippen molar-refractivity contribution >= 4 is 9.84 Å². The Labute approximate surface area is 182 Å². The molecule has 1 saturated heterocycles. The molecule has 2 bridgehead atoms. The Balaban J connectivity index is 1.40. The molecule has 4 nitrogen and oxygen atoms in total. The lowest BCUT2D eigenvalue weighted by Gasteiger charge is -2.37. The summed E-state index contributed by atoms with van der Waals surface area (Å²) in [5, 5.41) is -5.14. The highest BCUT2D eigenvalue weighted by molar-refractivity contribution is 7.91. The number of halogens is 4. The van der Waals surface area contributed by atoms with E-state index >= 15 is 0 Å². The van der Waals surface area contributed by atoms with Crippen molar-refractivity contribution in [3.8, 4) is 11.1 Å². The number of rotatable bonds is 3. The summed E-state index contributed by atoms with van der Waals surface area (Å²) in [6.07, 6.45) is -1.17. The highest BCUT2D eigenvalue weighted by Crippen LogP contribution is 2.65. The van der Waals surface area contributed by atoms with Gasteiger partial charge in [0, 0.05) is 23.3 Å². The maximum atomic E-state index is 14.9. The minimum atomic E-state index is -5.29. The zero-order valence-corrected chi connectivity index (χ0v) is 17.8. The van der Waals surface area contributed by atoms with Gasteiger partial charge in [0.1, 0.15) is 0 Å². The van der Waals surface area contributed by atoms with E-state index in [4.69, 9.17) is 9.47 Å². The molecule has 5 atom stereocenters. The quantitative estimate of drug-likeness (QED) is 0.619. The molecule has 5 unspecified atom stereocenters. The van der Waals surface area contributed by atoms with Crippen LogP contribution < -0.4 is 0 Å². The Morgan fingerprint density at radius 1 is 0.875 bits per heavy atom. The van der Waals surface area contributed by atoms with Gasteiger partial charge in [-0.05, 0) is 35.8 Å². The molecule has 0 N–H and O–H groups in total. The van der Waals surface area contributed by atoms with Crippen LogP contribution in [0.2, 0.25) is 0 Å². The lowest BCUT2D eigenvalue weighted by Crippen LogP contribution is -2.55. The van der Waals surface area contributed by atoms with Crippen LogP contribution in [-0.2, 0) is 25.1 Å². The molecule has 170 valence electrons. The molecular formula is C23H20F4O4S. The van der Waals surface area contributed by atoms with E-state index in [2.05, 4.69) is 0 Å². The number of fused-ring (bicyclic) bond motifs is 10. The Bertz CT molecular complexity index is 1180. The summed E-state index contributed by atoms with van der Waals surface area (Å²) >= 11 is 0. The zero-order valence-electron chi connectivity index (χ0n) is 17.0. The summed E-state index contributed by atoms with van der Waals surface area (Å²) in [5.74, 6) is -9.11. The van der Waals surface area contributed by atoms with Gasteiger partial charge in [-0.2, -0.15) is 17.6 Å². The van der Waals surface area contributed by atoms with E-state index in [1.165, 1.54) is 0 Å². The summed E-state index contributed by atoms with van der Waals surface area (Å²) in [4.78, 5) is 0. The van der Waals surface area contributed by atoms with E-state index in [9.17, 15) is 26.0 Å². The predicted octanol–water partition coefficient (Wildman–Crippen LogP) is 4.58. The molecule has 2 saturated carbocycles. The number of hydrogen-bond acceptors (Lipinski definition) is 4. The molecule has 9 heteroatoms. The minimum absolute atomic E-state index is 0.146. The Hall–Kier alpha value is -1.97. The lowest BCUT2D eigenvalue weighted by molar-refractivity contribution is -0.210. The fourth-order valence-electron chi connectivity index (χ4n) is 6.27. The van der Waals surface area contributed by atoms with Crippen LogP contribution >= 0.6 is 0 Å². The van der Waals surface area contributed by atoms with Gasteiger partial charge in [-0.25, -0.2) is 8.42 Å². The van der Waals surface area contributed by atoms with Gasteiger partial charge in [0.25, 0.3) is 0 Å². The second-order valence-electron chi connectivity index (χ2n) is 9.29. The first-order chi connectivity index (χ1) is 15.0. The van der Waals surface area contributed by atoms with Crippen molar-refractivity contribution in [2.75, 3.05) is 6.26 Å². The standard InChI is InChI=1S/C23H20F4O4S/c1-32(28,29)23(26,27)22(24,25)18-11-12-10-15(18)20-19(12)30-21(31-20)16-8-4-2-6-13(16)14-7-3-5-9-17(14)21/h2-9,12,15,18-20H,10-11H2,1H3. The number of alkyl halides is 4. The summed E-state index contributed by atoms with van der Waals surface area (Å²) in [5.41, 5.74) is 3.36. The lowest BCUT2D eigenvalue weighted by atomic mass is 9.81. The summed E-state index contributed by atoms with van der Waals surface area (Å²) in [6.45, 7) is 0. The smallest absolute Gasteiger partial charge is 0.336 e. The molecular weight excluding hydrogens is 448 g/mol. The van der Waals surface area contributed by atoms with Gasteiger partial charge in [0.2, 0.25) is 15.6 Å². The van der Waals surface area contributed by atoms with Crippen molar-refractivity contribution in [1.29, 1.82) is 0 Å². The number of sulfone groups is 1. The van der Waals surface area contributed by atoms with Crippen molar-refractivity contribution < 1.29 is 35.5 Å². The van der Waals surface area contributed by atoms with E-state index in [1.807, 2.05) is 48.5 Å². The molecule has 0 amide bonds. The van der Waals surface area contributed by atoms with Gasteiger partial charge >= 0.3 is 11.2 Å². The Morgan fingerprint density at radius 2 is 1.41 bits per heavy atom. The van der Waals surface area contributed by atoms with Crippen molar-refractivity contribution in [2.24, 2.45) is 17.8 Å². The monoisotopic (exact) mass is 468 g/mol. The van der Waals surface area contributed by atoms with Crippen LogP contribution in [0.5, 0.6) is 0 Å². The molecule has 3 aliphatic carbocycles. The summed E-state index contributed by atoms with van der Waals surface area (Å²) in [7, 11) is -5.29. The van der Waals surface area contributed by atoms with E-state index in [0.29, 0.717) is 0 Å². The zero-order chi connectivity index (χ0) is 22.7. The van der Waals surface area contributed by atoms with Crippen molar-refractivity contribution in [3.63, 3.8) is 0 Å². The molecule has 2 aromatic rings. The molecule has 2 aromatic carbocycles. The maximum absolute atomic E-state index is 14.9. The molecule has 32 heavy (non-hydrogen) atoms. The molecule has 1 spiro atoms. The number of ether oxygens (including phenoxy) is 2. The molecule has 1 aliphatic heterocycles. The third kappa shape index (κ3) is 2.32. The number of benzene rings is 2. The van der Waals surface area contributed by atoms with Crippen molar-refractivity contribution in [2.45, 2.75) is 42.0 Å². The van der Waals surface area contributed by atoms with Crippen molar-refractivity contribution in [3.05, 3.63) is 59.7 Å². The molecule has 4 aliphatic rings. The molecule has 1 heterocycles. The third-order valence-electron chi connectivity index (χ3n) is 7.64. The Morgan fingerprint density at radius 3 is 1.97 bits per heavy atom. The van der Waals surface area contributed by atoms with Crippen LogP contribution in [0.15, 0.2) is 48.5 Å². The second-order valence-corrected chi connectivity index (χ2v) is 11.3. The molecule has 3 fully saturated rings. The topological polar surface area (TPSA) is 52.6 Å². The normalized spacial score (nSPS) is 32.2. The van der Waals surface area contributed by atoms with Gasteiger partial charge in [0.05, 0.1) is 12.2 Å². The van der Waals surface area contributed by atoms with E-state index in [1.54, 1.807) is 0 Å². The highest BCUT2D eigenvalue weighted by atomic mass is 32.2. The molecule has 0 aromatic heterocycles.